The Morgan fingerprint density at radius 3 is 2.76 bits per heavy atom. The molecule has 92 valence electrons. The third-order valence-electron chi connectivity index (χ3n) is 3.21. The number of nitrogens with one attached hydrogen (secondary N) is 1. The van der Waals surface area contributed by atoms with Crippen LogP contribution in [-0.2, 0) is 6.54 Å². The maximum Gasteiger partial charge on any atom is 0.240 e. The fraction of sp³-hybridized carbons (Fsp3) is 0.692. The van der Waals surface area contributed by atoms with Gasteiger partial charge in [-0.05, 0) is 12.8 Å². The first-order valence-corrected chi connectivity index (χ1v) is 6.37. The van der Waals surface area contributed by atoms with Gasteiger partial charge in [0.25, 0.3) is 0 Å². The van der Waals surface area contributed by atoms with Crippen molar-refractivity contribution in [3.05, 3.63) is 11.7 Å². The molecule has 1 N–H and O–H groups in total. The van der Waals surface area contributed by atoms with Crippen molar-refractivity contribution >= 4 is 0 Å². The second kappa shape index (κ2) is 6.41. The summed E-state index contributed by atoms with van der Waals surface area (Å²) in [6, 6.07) is 0. The van der Waals surface area contributed by atoms with Crippen molar-refractivity contribution in [1.29, 1.82) is 0 Å². The zero-order valence-electron chi connectivity index (χ0n) is 10.1. The van der Waals surface area contributed by atoms with Crippen molar-refractivity contribution in [3.8, 4) is 12.3 Å². The van der Waals surface area contributed by atoms with Gasteiger partial charge >= 0.3 is 0 Å². The number of hydrogen-bond donors (Lipinski definition) is 1. The lowest BCUT2D eigenvalue weighted by molar-refractivity contribution is 0.360. The average molecular weight is 233 g/mol. The molecule has 2 rings (SSSR count). The molecule has 1 aliphatic rings. The molecule has 0 aliphatic heterocycles. The van der Waals surface area contributed by atoms with Crippen LogP contribution in [0.15, 0.2) is 4.52 Å². The third kappa shape index (κ3) is 3.57. The van der Waals surface area contributed by atoms with Gasteiger partial charge in [-0.3, -0.25) is 5.32 Å². The van der Waals surface area contributed by atoms with E-state index in [9.17, 15) is 0 Å². The smallest absolute Gasteiger partial charge is 0.240 e. The fourth-order valence-electron chi connectivity index (χ4n) is 2.28. The molecule has 1 saturated carbocycles. The molecular weight excluding hydrogens is 214 g/mol. The van der Waals surface area contributed by atoms with Crippen molar-refractivity contribution in [2.45, 2.75) is 51.0 Å². The van der Waals surface area contributed by atoms with Crippen LogP contribution in [-0.4, -0.2) is 16.7 Å². The summed E-state index contributed by atoms with van der Waals surface area (Å²) in [6.45, 7) is 1.09. The summed E-state index contributed by atoms with van der Waals surface area (Å²) in [6.07, 6.45) is 12.8. The molecule has 1 aliphatic carbocycles. The summed E-state index contributed by atoms with van der Waals surface area (Å²) < 4.78 is 5.21. The monoisotopic (exact) mass is 233 g/mol. The number of hydrogen-bond acceptors (Lipinski definition) is 4. The summed E-state index contributed by atoms with van der Waals surface area (Å²) in [4.78, 5) is 4.44. The van der Waals surface area contributed by atoms with Gasteiger partial charge in [0, 0.05) is 5.92 Å². The first-order valence-electron chi connectivity index (χ1n) is 6.37. The molecule has 4 nitrogen and oxygen atoms in total. The van der Waals surface area contributed by atoms with Crippen LogP contribution in [0.3, 0.4) is 0 Å². The van der Waals surface area contributed by atoms with E-state index in [2.05, 4.69) is 21.4 Å². The van der Waals surface area contributed by atoms with E-state index in [1.165, 1.54) is 38.5 Å². The van der Waals surface area contributed by atoms with Crippen molar-refractivity contribution in [3.63, 3.8) is 0 Å². The highest BCUT2D eigenvalue weighted by Crippen LogP contribution is 2.29. The highest BCUT2D eigenvalue weighted by molar-refractivity contribution is 4.96. The van der Waals surface area contributed by atoms with E-state index >= 15 is 0 Å². The molecule has 0 saturated heterocycles. The maximum absolute atomic E-state index is 5.21. The molecule has 0 amide bonds. The minimum Gasteiger partial charge on any atom is -0.338 e. The Morgan fingerprint density at radius 1 is 1.29 bits per heavy atom. The number of aromatic nitrogens is 2. The Balaban J connectivity index is 1.90. The van der Waals surface area contributed by atoms with Crippen LogP contribution in [0.5, 0.6) is 0 Å². The van der Waals surface area contributed by atoms with Gasteiger partial charge in [0.05, 0.1) is 13.1 Å². The first-order chi connectivity index (χ1) is 8.40. The minimum atomic E-state index is 0.489. The molecular formula is C13H19N3O. The van der Waals surface area contributed by atoms with Gasteiger partial charge < -0.3 is 4.52 Å². The number of nitrogens with zero attached hydrogens (tertiary/aromatic N) is 2. The van der Waals surface area contributed by atoms with Gasteiger partial charge in [-0.2, -0.15) is 4.98 Å². The van der Waals surface area contributed by atoms with E-state index in [1.54, 1.807) is 0 Å². The Labute approximate surface area is 102 Å². The summed E-state index contributed by atoms with van der Waals surface area (Å²) in [5.74, 6) is 4.52. The lowest BCUT2D eigenvalue weighted by Gasteiger charge is -2.07. The molecule has 0 radical (unpaired) electrons. The van der Waals surface area contributed by atoms with Crippen molar-refractivity contribution in [2.75, 3.05) is 6.54 Å². The van der Waals surface area contributed by atoms with Crippen molar-refractivity contribution in [2.24, 2.45) is 0 Å². The van der Waals surface area contributed by atoms with Gasteiger partial charge in [-0.15, -0.1) is 6.42 Å². The highest BCUT2D eigenvalue weighted by atomic mass is 16.5. The standard InChI is InChI=1S/C13H19N3O/c1-2-9-14-10-12-15-13(16-17-12)11-7-5-3-4-6-8-11/h1,11,14H,3-10H2. The van der Waals surface area contributed by atoms with Crippen molar-refractivity contribution in [1.82, 2.24) is 15.5 Å². The first kappa shape index (κ1) is 12.1. The summed E-state index contributed by atoms with van der Waals surface area (Å²) >= 11 is 0. The van der Waals surface area contributed by atoms with Crippen molar-refractivity contribution < 1.29 is 4.52 Å². The van der Waals surface area contributed by atoms with E-state index in [-0.39, 0.29) is 0 Å². The molecule has 1 heterocycles. The van der Waals surface area contributed by atoms with E-state index in [1.807, 2.05) is 0 Å². The van der Waals surface area contributed by atoms with Crippen LogP contribution in [0, 0.1) is 12.3 Å². The van der Waals surface area contributed by atoms with E-state index in [0.29, 0.717) is 24.9 Å². The molecule has 17 heavy (non-hydrogen) atoms. The second-order valence-corrected chi connectivity index (χ2v) is 4.54. The topological polar surface area (TPSA) is 51.0 Å². The predicted octanol–water partition coefficient (Wildman–Crippen LogP) is 2.23. The molecule has 1 aromatic heterocycles. The van der Waals surface area contributed by atoms with E-state index < -0.39 is 0 Å². The van der Waals surface area contributed by atoms with Gasteiger partial charge in [-0.1, -0.05) is 36.8 Å². The summed E-state index contributed by atoms with van der Waals surface area (Å²) in [7, 11) is 0. The van der Waals surface area contributed by atoms with E-state index in [0.717, 1.165) is 5.82 Å². The molecule has 0 spiro atoms. The van der Waals surface area contributed by atoms with Crippen LogP contribution >= 0.6 is 0 Å². The maximum atomic E-state index is 5.21. The van der Waals surface area contributed by atoms with Gasteiger partial charge in [0.1, 0.15) is 0 Å². The van der Waals surface area contributed by atoms with Crippen LogP contribution < -0.4 is 5.32 Å². The number of terminal acetylenes is 1. The fourth-order valence-corrected chi connectivity index (χ4v) is 2.28. The molecule has 0 atom stereocenters. The van der Waals surface area contributed by atoms with E-state index in [4.69, 9.17) is 10.9 Å². The third-order valence-corrected chi connectivity index (χ3v) is 3.21. The lowest BCUT2D eigenvalue weighted by Crippen LogP contribution is -2.13. The van der Waals surface area contributed by atoms with Gasteiger partial charge in [0.2, 0.25) is 5.89 Å². The summed E-state index contributed by atoms with van der Waals surface area (Å²) in [5, 5.41) is 7.13. The minimum absolute atomic E-state index is 0.489. The average Bonchev–Trinajstić information content (AvgIpc) is 2.64. The highest BCUT2D eigenvalue weighted by Gasteiger charge is 2.19. The number of rotatable bonds is 4. The molecule has 4 heteroatoms. The quantitative estimate of drug-likeness (QED) is 0.492. The largest absolute Gasteiger partial charge is 0.338 e. The zero-order valence-corrected chi connectivity index (χ0v) is 10.1. The Bertz CT molecular complexity index is 372. The molecule has 0 bridgehead atoms. The Hall–Kier alpha value is -1.34. The van der Waals surface area contributed by atoms with Gasteiger partial charge in [0.15, 0.2) is 5.82 Å². The molecule has 0 unspecified atom stereocenters. The second-order valence-electron chi connectivity index (χ2n) is 4.54. The van der Waals surface area contributed by atoms with Crippen LogP contribution in [0.2, 0.25) is 0 Å². The SMILES string of the molecule is C#CCNCc1nc(C2CCCCCC2)no1. The Kier molecular flexibility index (Phi) is 4.57. The lowest BCUT2D eigenvalue weighted by atomic mass is 10.00. The predicted molar refractivity (Wildman–Crippen MR) is 65.3 cm³/mol. The molecule has 1 aromatic rings. The normalized spacial score (nSPS) is 17.6. The molecule has 0 aromatic carbocycles. The van der Waals surface area contributed by atoms with Gasteiger partial charge in [-0.25, -0.2) is 0 Å². The van der Waals surface area contributed by atoms with Crippen LogP contribution in [0.4, 0.5) is 0 Å². The summed E-state index contributed by atoms with van der Waals surface area (Å²) in [5.41, 5.74) is 0. The molecule has 1 fully saturated rings. The van der Waals surface area contributed by atoms with Crippen LogP contribution in [0.1, 0.15) is 56.2 Å². The van der Waals surface area contributed by atoms with Crippen LogP contribution in [0.25, 0.3) is 0 Å². The Morgan fingerprint density at radius 2 is 2.06 bits per heavy atom. The zero-order chi connectivity index (χ0) is 11.9.